The van der Waals surface area contributed by atoms with Crippen LogP contribution in [0, 0.1) is 5.92 Å². The van der Waals surface area contributed by atoms with E-state index in [0.29, 0.717) is 28.3 Å². The Morgan fingerprint density at radius 3 is 2.56 bits per heavy atom. The Morgan fingerprint density at radius 2 is 1.92 bits per heavy atom. The summed E-state index contributed by atoms with van der Waals surface area (Å²) in [5.41, 5.74) is 0.551. The summed E-state index contributed by atoms with van der Waals surface area (Å²) in [5, 5.41) is 0.556. The van der Waals surface area contributed by atoms with E-state index in [9.17, 15) is 4.79 Å². The van der Waals surface area contributed by atoms with Gasteiger partial charge in [-0.2, -0.15) is 0 Å². The van der Waals surface area contributed by atoms with Gasteiger partial charge in [0.05, 0.1) is 25.9 Å². The van der Waals surface area contributed by atoms with E-state index in [0.717, 1.165) is 52.2 Å². The van der Waals surface area contributed by atoms with Crippen LogP contribution in [0.1, 0.15) is 30.1 Å². The topological polar surface area (TPSA) is 42.0 Å². The molecule has 1 unspecified atom stereocenters. The van der Waals surface area contributed by atoms with Crippen molar-refractivity contribution < 1.29 is 14.3 Å². The van der Waals surface area contributed by atoms with Crippen LogP contribution in [0.2, 0.25) is 5.02 Å². The van der Waals surface area contributed by atoms with E-state index in [-0.39, 0.29) is 5.91 Å². The average molecular weight is 367 g/mol. The first-order valence-electron chi connectivity index (χ1n) is 9.04. The third-order valence-electron chi connectivity index (χ3n) is 5.52. The van der Waals surface area contributed by atoms with Crippen LogP contribution < -0.4 is 4.74 Å². The van der Waals surface area contributed by atoms with Gasteiger partial charge in [0.1, 0.15) is 5.75 Å². The van der Waals surface area contributed by atoms with Crippen molar-refractivity contribution in [2.75, 3.05) is 46.5 Å². The van der Waals surface area contributed by atoms with E-state index >= 15 is 0 Å². The summed E-state index contributed by atoms with van der Waals surface area (Å²) in [6.07, 6.45) is 2.07. The van der Waals surface area contributed by atoms with Gasteiger partial charge in [0.25, 0.3) is 5.91 Å². The lowest BCUT2D eigenvalue weighted by Gasteiger charge is -2.41. The van der Waals surface area contributed by atoms with Gasteiger partial charge in [-0.3, -0.25) is 9.69 Å². The number of carbonyl (C=O) groups is 1. The number of likely N-dealkylation sites (tertiary alicyclic amines) is 1. The quantitative estimate of drug-likeness (QED) is 0.821. The number of hydrogen-bond donors (Lipinski definition) is 0. The van der Waals surface area contributed by atoms with Gasteiger partial charge in [0, 0.05) is 37.2 Å². The average Bonchev–Trinajstić information content (AvgIpc) is 2.67. The number of ether oxygens (including phenoxy) is 2. The molecule has 0 aliphatic carbocycles. The molecule has 1 aromatic carbocycles. The molecular weight excluding hydrogens is 340 g/mol. The van der Waals surface area contributed by atoms with E-state index in [1.54, 1.807) is 25.3 Å². The van der Waals surface area contributed by atoms with Gasteiger partial charge in [-0.05, 0) is 43.9 Å². The van der Waals surface area contributed by atoms with Crippen LogP contribution in [0.5, 0.6) is 5.75 Å². The van der Waals surface area contributed by atoms with Gasteiger partial charge in [-0.1, -0.05) is 11.6 Å². The SMILES string of the molecule is COc1ccc(Cl)cc1C(=O)N1CCC(C(C)N2CCOCC2)CC1. The van der Waals surface area contributed by atoms with Crippen LogP contribution in [-0.4, -0.2) is 68.3 Å². The minimum absolute atomic E-state index is 0.0109. The largest absolute Gasteiger partial charge is 0.496 e. The van der Waals surface area contributed by atoms with Gasteiger partial charge < -0.3 is 14.4 Å². The number of rotatable bonds is 4. The Balaban J connectivity index is 1.60. The van der Waals surface area contributed by atoms with E-state index < -0.39 is 0 Å². The second-order valence-corrected chi connectivity index (χ2v) is 7.30. The molecule has 0 bridgehead atoms. The molecule has 0 radical (unpaired) electrons. The molecule has 1 aromatic rings. The maximum Gasteiger partial charge on any atom is 0.257 e. The molecule has 2 aliphatic rings. The van der Waals surface area contributed by atoms with Crippen molar-refractivity contribution in [2.24, 2.45) is 5.92 Å². The minimum Gasteiger partial charge on any atom is -0.496 e. The smallest absolute Gasteiger partial charge is 0.257 e. The van der Waals surface area contributed by atoms with Crippen molar-refractivity contribution in [3.8, 4) is 5.75 Å². The zero-order valence-electron chi connectivity index (χ0n) is 15.0. The molecule has 1 atom stereocenters. The molecule has 2 saturated heterocycles. The molecule has 0 aromatic heterocycles. The number of hydrogen-bond acceptors (Lipinski definition) is 4. The van der Waals surface area contributed by atoms with E-state index in [1.807, 2.05) is 4.90 Å². The third-order valence-corrected chi connectivity index (χ3v) is 5.76. The van der Waals surface area contributed by atoms with E-state index in [1.165, 1.54) is 0 Å². The predicted molar refractivity (Wildman–Crippen MR) is 98.5 cm³/mol. The fraction of sp³-hybridized carbons (Fsp3) is 0.632. The molecule has 25 heavy (non-hydrogen) atoms. The standard InChI is InChI=1S/C19H27ClN2O3/c1-14(21-9-11-25-12-10-21)15-5-7-22(8-6-15)19(23)17-13-16(20)3-4-18(17)24-2/h3-4,13-15H,5-12H2,1-2H3. The number of piperidine rings is 1. The number of halogens is 1. The van der Waals surface area contributed by atoms with Crippen LogP contribution in [0.15, 0.2) is 18.2 Å². The number of benzene rings is 1. The number of methoxy groups -OCH3 is 1. The molecule has 2 fully saturated rings. The number of morpholine rings is 1. The molecule has 1 amide bonds. The van der Waals surface area contributed by atoms with Crippen molar-refractivity contribution in [1.82, 2.24) is 9.80 Å². The maximum absolute atomic E-state index is 12.9. The van der Waals surface area contributed by atoms with Gasteiger partial charge in [-0.25, -0.2) is 0 Å². The van der Waals surface area contributed by atoms with Gasteiger partial charge in [-0.15, -0.1) is 0 Å². The molecule has 2 aliphatic heterocycles. The second-order valence-electron chi connectivity index (χ2n) is 6.86. The monoisotopic (exact) mass is 366 g/mol. The van der Waals surface area contributed by atoms with Crippen LogP contribution in [0.4, 0.5) is 0 Å². The summed E-state index contributed by atoms with van der Waals surface area (Å²) in [5.74, 6) is 1.22. The van der Waals surface area contributed by atoms with Crippen LogP contribution in [-0.2, 0) is 4.74 Å². The molecular formula is C19H27ClN2O3. The molecule has 2 heterocycles. The Morgan fingerprint density at radius 1 is 1.24 bits per heavy atom. The molecule has 3 rings (SSSR count). The number of carbonyl (C=O) groups excluding carboxylic acids is 1. The molecule has 6 heteroatoms. The lowest BCUT2D eigenvalue weighted by atomic mass is 9.89. The van der Waals surface area contributed by atoms with Crippen molar-refractivity contribution in [1.29, 1.82) is 0 Å². The minimum atomic E-state index is 0.0109. The Bertz CT molecular complexity index is 596. The Kier molecular flexibility index (Phi) is 6.20. The Hall–Kier alpha value is -1.30. The Labute approximate surface area is 154 Å². The lowest BCUT2D eigenvalue weighted by molar-refractivity contribution is -0.000965. The van der Waals surface area contributed by atoms with E-state index in [2.05, 4.69) is 11.8 Å². The highest BCUT2D eigenvalue weighted by Crippen LogP contribution is 2.28. The molecule has 5 nitrogen and oxygen atoms in total. The predicted octanol–water partition coefficient (Wildman–Crippen LogP) is 2.92. The third kappa shape index (κ3) is 4.27. The highest BCUT2D eigenvalue weighted by atomic mass is 35.5. The molecule has 0 N–H and O–H groups in total. The molecule has 0 saturated carbocycles. The van der Waals surface area contributed by atoms with Gasteiger partial charge >= 0.3 is 0 Å². The summed E-state index contributed by atoms with van der Waals surface area (Å²) in [7, 11) is 1.58. The molecule has 0 spiro atoms. The first-order valence-corrected chi connectivity index (χ1v) is 9.42. The zero-order valence-corrected chi connectivity index (χ0v) is 15.8. The van der Waals surface area contributed by atoms with Gasteiger partial charge in [0.2, 0.25) is 0 Å². The second kappa shape index (κ2) is 8.39. The van der Waals surface area contributed by atoms with Crippen LogP contribution in [0.25, 0.3) is 0 Å². The van der Waals surface area contributed by atoms with Crippen molar-refractivity contribution in [3.63, 3.8) is 0 Å². The van der Waals surface area contributed by atoms with Crippen LogP contribution in [0.3, 0.4) is 0 Å². The first kappa shape index (κ1) is 18.5. The van der Waals surface area contributed by atoms with E-state index in [4.69, 9.17) is 21.1 Å². The highest BCUT2D eigenvalue weighted by Gasteiger charge is 2.31. The summed E-state index contributed by atoms with van der Waals surface area (Å²) in [4.78, 5) is 17.3. The maximum atomic E-state index is 12.9. The van der Waals surface area contributed by atoms with Crippen LogP contribution >= 0.6 is 11.6 Å². The van der Waals surface area contributed by atoms with Crippen molar-refractivity contribution in [2.45, 2.75) is 25.8 Å². The summed E-state index contributed by atoms with van der Waals surface area (Å²) in [6.45, 7) is 7.57. The number of amides is 1. The summed E-state index contributed by atoms with van der Waals surface area (Å²) in [6, 6.07) is 5.74. The first-order chi connectivity index (χ1) is 12.1. The lowest BCUT2D eigenvalue weighted by Crippen LogP contribution is -2.49. The van der Waals surface area contributed by atoms with Crippen molar-refractivity contribution >= 4 is 17.5 Å². The zero-order chi connectivity index (χ0) is 17.8. The van der Waals surface area contributed by atoms with Crippen molar-refractivity contribution in [3.05, 3.63) is 28.8 Å². The highest BCUT2D eigenvalue weighted by molar-refractivity contribution is 6.31. The normalized spacial score (nSPS) is 21.2. The summed E-state index contributed by atoms with van der Waals surface area (Å²) >= 11 is 6.07. The fourth-order valence-corrected chi connectivity index (χ4v) is 4.06. The fourth-order valence-electron chi connectivity index (χ4n) is 3.89. The number of nitrogens with zero attached hydrogens (tertiary/aromatic N) is 2. The molecule has 138 valence electrons. The van der Waals surface area contributed by atoms with Gasteiger partial charge in [0.15, 0.2) is 0 Å². The summed E-state index contributed by atoms with van der Waals surface area (Å²) < 4.78 is 10.8.